The lowest BCUT2D eigenvalue weighted by Crippen LogP contribution is -2.49. The van der Waals surface area contributed by atoms with Crippen LogP contribution in [0.25, 0.3) is 0 Å². The van der Waals surface area contributed by atoms with E-state index >= 15 is 0 Å². The molecule has 5 heteroatoms. The Morgan fingerprint density at radius 1 is 1.13 bits per heavy atom. The van der Waals surface area contributed by atoms with Gasteiger partial charge in [-0.25, -0.2) is 0 Å². The molecule has 2 aliphatic heterocycles. The maximum atomic E-state index is 12.7. The molecule has 1 spiro atoms. The molecule has 0 saturated carbocycles. The molecule has 2 heterocycles. The summed E-state index contributed by atoms with van der Waals surface area (Å²) >= 11 is 0. The Kier molecular flexibility index (Phi) is 7.26. The molecule has 2 aromatic rings. The maximum Gasteiger partial charge on any atom is 0.253 e. The van der Waals surface area contributed by atoms with Crippen LogP contribution in [0.4, 0.5) is 0 Å². The number of hydrogen-bond donors (Lipinski definition) is 1. The highest BCUT2D eigenvalue weighted by atomic mass is 16.5. The van der Waals surface area contributed by atoms with Crippen LogP contribution in [0.5, 0.6) is 11.5 Å². The molecule has 1 unspecified atom stereocenters. The third-order valence-corrected chi connectivity index (χ3v) is 6.62. The van der Waals surface area contributed by atoms with E-state index in [-0.39, 0.29) is 24.9 Å². The van der Waals surface area contributed by atoms with E-state index in [1.165, 1.54) is 5.56 Å². The van der Waals surface area contributed by atoms with Crippen molar-refractivity contribution in [3.8, 4) is 11.5 Å². The summed E-state index contributed by atoms with van der Waals surface area (Å²) < 4.78 is 12.3. The Bertz CT molecular complexity index is 884. The van der Waals surface area contributed by atoms with Crippen LogP contribution in [0, 0.1) is 0 Å². The topological polar surface area (TPSA) is 50.8 Å². The number of rotatable bonds is 5. The number of piperidine rings is 1. The number of nitrogens with zero attached hydrogens (tertiary/aromatic N) is 1. The van der Waals surface area contributed by atoms with Crippen LogP contribution in [0.15, 0.2) is 42.5 Å². The van der Waals surface area contributed by atoms with E-state index in [4.69, 9.17) is 9.47 Å². The Labute approximate surface area is 186 Å². The summed E-state index contributed by atoms with van der Waals surface area (Å²) in [6, 6.07) is 14.2. The van der Waals surface area contributed by atoms with Crippen molar-refractivity contribution in [3.05, 3.63) is 59.2 Å². The van der Waals surface area contributed by atoms with Gasteiger partial charge in [-0.1, -0.05) is 25.6 Å². The van der Waals surface area contributed by atoms with Gasteiger partial charge < -0.3 is 19.7 Å². The van der Waals surface area contributed by atoms with E-state index < -0.39 is 0 Å². The van der Waals surface area contributed by atoms with E-state index in [2.05, 4.69) is 23.5 Å². The average molecular weight is 425 g/mol. The first-order valence-electron chi connectivity index (χ1n) is 11.1. The lowest BCUT2D eigenvalue weighted by molar-refractivity contribution is 0.0107. The van der Waals surface area contributed by atoms with Crippen LogP contribution in [0.2, 0.25) is 0 Å². The van der Waals surface area contributed by atoms with Crippen LogP contribution in [0.3, 0.4) is 0 Å². The standard InChI is InChI=1S/C25H32N2O3.CH4/c1-4-27(5-2)24(28)19-11-9-18(10-12-19)20-17-25(13-15-26-16-14-25)30-22-8-6-7-21(29-3)23(20)22;/h6-12,20,26H,4-5,13-17H2,1-3H3;1H4. The number of amides is 1. The molecule has 0 bridgehead atoms. The molecule has 1 atom stereocenters. The van der Waals surface area contributed by atoms with Gasteiger partial charge in [-0.2, -0.15) is 0 Å². The first kappa shape index (κ1) is 23.1. The highest BCUT2D eigenvalue weighted by molar-refractivity contribution is 5.94. The number of benzene rings is 2. The van der Waals surface area contributed by atoms with Crippen LogP contribution in [0.1, 0.15) is 67.9 Å². The highest BCUT2D eigenvalue weighted by Crippen LogP contribution is 2.50. The molecule has 168 valence electrons. The number of hydrogen-bond acceptors (Lipinski definition) is 4. The van der Waals surface area contributed by atoms with Gasteiger partial charge in [-0.05, 0) is 76.0 Å². The third-order valence-electron chi connectivity index (χ3n) is 6.62. The zero-order valence-corrected chi connectivity index (χ0v) is 18.2. The van der Waals surface area contributed by atoms with E-state index in [0.717, 1.165) is 68.1 Å². The van der Waals surface area contributed by atoms with Gasteiger partial charge >= 0.3 is 0 Å². The minimum absolute atomic E-state index is 0. The zero-order chi connectivity index (χ0) is 21.1. The number of carbonyl (C=O) groups is 1. The van der Waals surface area contributed by atoms with E-state index in [1.807, 2.05) is 43.0 Å². The van der Waals surface area contributed by atoms with Gasteiger partial charge in [0.15, 0.2) is 0 Å². The number of fused-ring (bicyclic) bond motifs is 1. The number of nitrogens with one attached hydrogen (secondary N) is 1. The molecule has 0 aliphatic carbocycles. The molecule has 5 nitrogen and oxygen atoms in total. The summed E-state index contributed by atoms with van der Waals surface area (Å²) in [7, 11) is 1.72. The quantitative estimate of drug-likeness (QED) is 0.745. The van der Waals surface area contributed by atoms with Gasteiger partial charge in [0.25, 0.3) is 5.91 Å². The van der Waals surface area contributed by atoms with Crippen molar-refractivity contribution < 1.29 is 14.3 Å². The Morgan fingerprint density at radius 2 is 1.81 bits per heavy atom. The van der Waals surface area contributed by atoms with E-state index in [1.54, 1.807) is 7.11 Å². The van der Waals surface area contributed by atoms with Crippen molar-refractivity contribution in [2.75, 3.05) is 33.3 Å². The van der Waals surface area contributed by atoms with Crippen molar-refractivity contribution in [2.45, 2.75) is 52.1 Å². The molecule has 4 rings (SSSR count). The SMILES string of the molecule is C.CCN(CC)C(=O)c1ccc(C2CC3(CCNCC3)Oc3cccc(OC)c32)cc1. The molecule has 1 N–H and O–H groups in total. The van der Waals surface area contributed by atoms with Gasteiger partial charge in [-0.15, -0.1) is 0 Å². The average Bonchev–Trinajstić information content (AvgIpc) is 2.79. The van der Waals surface area contributed by atoms with Gasteiger partial charge in [-0.3, -0.25) is 4.79 Å². The summed E-state index contributed by atoms with van der Waals surface area (Å²) in [6.45, 7) is 7.42. The third kappa shape index (κ3) is 4.42. The first-order chi connectivity index (χ1) is 14.6. The summed E-state index contributed by atoms with van der Waals surface area (Å²) in [5.74, 6) is 2.06. The number of carbonyl (C=O) groups excluding carboxylic acids is 1. The zero-order valence-electron chi connectivity index (χ0n) is 18.2. The monoisotopic (exact) mass is 424 g/mol. The van der Waals surface area contributed by atoms with Crippen LogP contribution in [-0.4, -0.2) is 49.7 Å². The van der Waals surface area contributed by atoms with Gasteiger partial charge in [0.1, 0.15) is 17.1 Å². The highest BCUT2D eigenvalue weighted by Gasteiger charge is 2.43. The van der Waals surface area contributed by atoms with Crippen LogP contribution in [-0.2, 0) is 0 Å². The van der Waals surface area contributed by atoms with Crippen molar-refractivity contribution >= 4 is 5.91 Å². The van der Waals surface area contributed by atoms with Crippen LogP contribution >= 0.6 is 0 Å². The van der Waals surface area contributed by atoms with E-state index in [0.29, 0.717) is 0 Å². The molecule has 1 amide bonds. The molecule has 1 fully saturated rings. The smallest absolute Gasteiger partial charge is 0.253 e. The van der Waals surface area contributed by atoms with Crippen molar-refractivity contribution in [1.29, 1.82) is 0 Å². The van der Waals surface area contributed by atoms with Gasteiger partial charge in [0, 0.05) is 30.1 Å². The molecule has 2 aromatic carbocycles. The summed E-state index contributed by atoms with van der Waals surface area (Å²) in [5, 5.41) is 3.45. The Balaban J connectivity index is 0.00000272. The molecular weight excluding hydrogens is 388 g/mol. The van der Waals surface area contributed by atoms with Gasteiger partial charge in [0.05, 0.1) is 7.11 Å². The fraction of sp³-hybridized carbons (Fsp3) is 0.500. The molecule has 0 aromatic heterocycles. The lowest BCUT2D eigenvalue weighted by Gasteiger charge is -2.45. The Morgan fingerprint density at radius 3 is 2.42 bits per heavy atom. The second-order valence-corrected chi connectivity index (χ2v) is 8.26. The number of ether oxygens (including phenoxy) is 2. The predicted octanol–water partition coefficient (Wildman–Crippen LogP) is 4.85. The Hall–Kier alpha value is -2.53. The van der Waals surface area contributed by atoms with Crippen molar-refractivity contribution in [1.82, 2.24) is 10.2 Å². The van der Waals surface area contributed by atoms with Crippen LogP contribution < -0.4 is 14.8 Å². The minimum Gasteiger partial charge on any atom is -0.496 e. The van der Waals surface area contributed by atoms with Crippen molar-refractivity contribution in [2.24, 2.45) is 0 Å². The maximum absolute atomic E-state index is 12.7. The summed E-state index contributed by atoms with van der Waals surface area (Å²) in [5.41, 5.74) is 2.92. The fourth-order valence-corrected chi connectivity index (χ4v) is 4.91. The summed E-state index contributed by atoms with van der Waals surface area (Å²) in [6.07, 6.45) is 2.92. The minimum atomic E-state index is -0.148. The second-order valence-electron chi connectivity index (χ2n) is 8.26. The van der Waals surface area contributed by atoms with E-state index in [9.17, 15) is 4.79 Å². The normalized spacial score (nSPS) is 19.0. The van der Waals surface area contributed by atoms with Gasteiger partial charge in [0.2, 0.25) is 0 Å². The molecule has 0 radical (unpaired) electrons. The largest absolute Gasteiger partial charge is 0.496 e. The molecule has 31 heavy (non-hydrogen) atoms. The lowest BCUT2D eigenvalue weighted by atomic mass is 9.74. The molecular formula is C26H36N2O3. The predicted molar refractivity (Wildman–Crippen MR) is 125 cm³/mol. The molecule has 1 saturated heterocycles. The first-order valence-corrected chi connectivity index (χ1v) is 11.1. The number of methoxy groups -OCH3 is 1. The molecule has 2 aliphatic rings. The fourth-order valence-electron chi connectivity index (χ4n) is 4.91. The second kappa shape index (κ2) is 9.73. The summed E-state index contributed by atoms with van der Waals surface area (Å²) in [4.78, 5) is 14.6. The van der Waals surface area contributed by atoms with Crippen molar-refractivity contribution in [3.63, 3.8) is 0 Å².